The summed E-state index contributed by atoms with van der Waals surface area (Å²) >= 11 is 0. The lowest BCUT2D eigenvalue weighted by Crippen LogP contribution is -2.13. The minimum atomic E-state index is -4.01. The van der Waals surface area contributed by atoms with Crippen molar-refractivity contribution in [1.29, 1.82) is 0 Å². The van der Waals surface area contributed by atoms with Crippen molar-refractivity contribution < 1.29 is 22.8 Å². The summed E-state index contributed by atoms with van der Waals surface area (Å²) in [4.78, 5) is 10.2. The maximum atomic E-state index is 12.6. The maximum absolute atomic E-state index is 12.6. The molecule has 0 aromatic heterocycles. The van der Waals surface area contributed by atoms with Crippen LogP contribution in [0.15, 0.2) is 77.7 Å². The Bertz CT molecular complexity index is 1100. The van der Waals surface area contributed by atoms with E-state index in [1.165, 1.54) is 19.2 Å². The van der Waals surface area contributed by atoms with E-state index in [1.54, 1.807) is 24.3 Å². The topological polar surface area (TPSA) is 108 Å². The van der Waals surface area contributed by atoms with Crippen molar-refractivity contribution in [3.05, 3.63) is 88.5 Å². The average molecular weight is 414 g/mol. The van der Waals surface area contributed by atoms with E-state index in [0.29, 0.717) is 18.0 Å². The summed E-state index contributed by atoms with van der Waals surface area (Å²) in [5.74, 6) is 0.561. The first-order valence-electron chi connectivity index (χ1n) is 8.51. The summed E-state index contributed by atoms with van der Waals surface area (Å²) in [5, 5.41) is 11.1. The summed E-state index contributed by atoms with van der Waals surface area (Å²) in [7, 11) is -2.74. The van der Waals surface area contributed by atoms with Crippen molar-refractivity contribution in [2.45, 2.75) is 11.5 Å². The molecule has 0 aliphatic carbocycles. The van der Waals surface area contributed by atoms with Gasteiger partial charge in [-0.1, -0.05) is 30.3 Å². The lowest BCUT2D eigenvalue weighted by atomic mass is 10.2. The molecule has 9 heteroatoms. The van der Waals surface area contributed by atoms with Crippen LogP contribution in [0.5, 0.6) is 11.5 Å². The Morgan fingerprint density at radius 1 is 1.00 bits per heavy atom. The summed E-state index contributed by atoms with van der Waals surface area (Å²) in [5.41, 5.74) is 0.883. The first-order chi connectivity index (χ1) is 13.9. The molecule has 0 unspecified atom stereocenters. The highest BCUT2D eigenvalue weighted by Crippen LogP contribution is 2.30. The molecule has 0 saturated carbocycles. The molecule has 1 N–H and O–H groups in total. The predicted octanol–water partition coefficient (Wildman–Crippen LogP) is 3.98. The molecule has 0 radical (unpaired) electrons. The molecule has 3 aromatic rings. The molecular weight excluding hydrogens is 396 g/mol. The van der Waals surface area contributed by atoms with Gasteiger partial charge in [0, 0.05) is 11.8 Å². The monoisotopic (exact) mass is 414 g/mol. The molecule has 0 spiro atoms. The number of anilines is 1. The molecule has 0 saturated heterocycles. The van der Waals surface area contributed by atoms with E-state index in [9.17, 15) is 18.5 Å². The lowest BCUT2D eigenvalue weighted by molar-refractivity contribution is -0.386. The van der Waals surface area contributed by atoms with Crippen LogP contribution in [0.2, 0.25) is 0 Å². The predicted molar refractivity (Wildman–Crippen MR) is 108 cm³/mol. The van der Waals surface area contributed by atoms with Gasteiger partial charge in [-0.25, -0.2) is 8.42 Å². The molecule has 0 amide bonds. The standard InChI is InChI=1S/C20H18N2O6S/c1-27-20-12-11-18(13-19(20)22(23)24)29(25,26)21-16-7-9-17(10-8-16)28-14-15-5-3-2-4-6-15/h2-13,21H,14H2,1H3. The van der Waals surface area contributed by atoms with Crippen LogP contribution < -0.4 is 14.2 Å². The highest BCUT2D eigenvalue weighted by atomic mass is 32.2. The van der Waals surface area contributed by atoms with Crippen LogP contribution >= 0.6 is 0 Å². The van der Waals surface area contributed by atoms with Crippen molar-refractivity contribution in [3.8, 4) is 11.5 Å². The van der Waals surface area contributed by atoms with Crippen molar-refractivity contribution in [2.24, 2.45) is 0 Å². The van der Waals surface area contributed by atoms with Crippen LogP contribution in [0, 0.1) is 10.1 Å². The number of benzene rings is 3. The summed E-state index contributed by atoms with van der Waals surface area (Å²) in [6, 6.07) is 19.5. The summed E-state index contributed by atoms with van der Waals surface area (Å²) in [6.07, 6.45) is 0. The third-order valence-electron chi connectivity index (χ3n) is 4.01. The Hall–Kier alpha value is -3.59. The molecule has 0 bridgehead atoms. The smallest absolute Gasteiger partial charge is 0.312 e. The fraction of sp³-hybridized carbons (Fsp3) is 0.100. The van der Waals surface area contributed by atoms with Gasteiger partial charge in [0.25, 0.3) is 10.0 Å². The van der Waals surface area contributed by atoms with Gasteiger partial charge in [-0.3, -0.25) is 14.8 Å². The van der Waals surface area contributed by atoms with Crippen LogP contribution in [-0.4, -0.2) is 20.5 Å². The number of nitrogens with zero attached hydrogens (tertiary/aromatic N) is 1. The van der Waals surface area contributed by atoms with E-state index in [-0.39, 0.29) is 10.6 Å². The Kier molecular flexibility index (Phi) is 5.99. The summed E-state index contributed by atoms with van der Waals surface area (Å²) < 4.78 is 38.1. The van der Waals surface area contributed by atoms with Gasteiger partial charge in [-0.05, 0) is 42.0 Å². The van der Waals surface area contributed by atoms with Crippen LogP contribution in [0.1, 0.15) is 5.56 Å². The quantitative estimate of drug-likeness (QED) is 0.441. The SMILES string of the molecule is COc1ccc(S(=O)(=O)Nc2ccc(OCc3ccccc3)cc2)cc1[N+](=O)[O-]. The largest absolute Gasteiger partial charge is 0.490 e. The minimum absolute atomic E-state index is 0.0196. The number of hydrogen-bond acceptors (Lipinski definition) is 6. The molecule has 3 rings (SSSR count). The van der Waals surface area contributed by atoms with Gasteiger partial charge in [0.05, 0.1) is 16.9 Å². The molecule has 0 aliphatic rings. The van der Waals surface area contributed by atoms with Crippen LogP contribution in [0.3, 0.4) is 0 Å². The number of sulfonamides is 1. The van der Waals surface area contributed by atoms with E-state index in [2.05, 4.69) is 4.72 Å². The van der Waals surface area contributed by atoms with Gasteiger partial charge < -0.3 is 9.47 Å². The Balaban J connectivity index is 1.72. The molecule has 0 atom stereocenters. The summed E-state index contributed by atoms with van der Waals surface area (Å²) in [6.45, 7) is 0.390. The van der Waals surface area contributed by atoms with Gasteiger partial charge in [0.1, 0.15) is 12.4 Å². The fourth-order valence-corrected chi connectivity index (χ4v) is 3.63. The van der Waals surface area contributed by atoms with Gasteiger partial charge >= 0.3 is 5.69 Å². The van der Waals surface area contributed by atoms with Crippen molar-refractivity contribution in [3.63, 3.8) is 0 Å². The number of nitrogens with one attached hydrogen (secondary N) is 1. The molecule has 29 heavy (non-hydrogen) atoms. The molecule has 0 fully saturated rings. The highest BCUT2D eigenvalue weighted by molar-refractivity contribution is 7.92. The second kappa shape index (κ2) is 8.61. The third kappa shape index (κ3) is 5.02. The van der Waals surface area contributed by atoms with Crippen LogP contribution in [0.25, 0.3) is 0 Å². The number of rotatable bonds is 8. The molecule has 0 aliphatic heterocycles. The third-order valence-corrected chi connectivity index (χ3v) is 5.39. The first kappa shape index (κ1) is 20.2. The van der Waals surface area contributed by atoms with Crippen LogP contribution in [0.4, 0.5) is 11.4 Å². The Morgan fingerprint density at radius 3 is 2.31 bits per heavy atom. The number of methoxy groups -OCH3 is 1. The zero-order valence-corrected chi connectivity index (χ0v) is 16.3. The Morgan fingerprint density at radius 2 is 1.69 bits per heavy atom. The molecule has 8 nitrogen and oxygen atoms in total. The molecule has 0 heterocycles. The average Bonchev–Trinajstić information content (AvgIpc) is 2.73. The Labute approximate surface area is 167 Å². The van der Waals surface area contributed by atoms with E-state index in [0.717, 1.165) is 11.6 Å². The minimum Gasteiger partial charge on any atom is -0.490 e. The van der Waals surface area contributed by atoms with E-state index >= 15 is 0 Å². The van der Waals surface area contributed by atoms with Gasteiger partial charge in [-0.15, -0.1) is 0 Å². The number of ether oxygens (including phenoxy) is 2. The van der Waals surface area contributed by atoms with Crippen molar-refractivity contribution >= 4 is 21.4 Å². The number of nitro groups is 1. The van der Waals surface area contributed by atoms with Crippen LogP contribution in [-0.2, 0) is 16.6 Å². The maximum Gasteiger partial charge on any atom is 0.312 e. The van der Waals surface area contributed by atoms with Gasteiger partial charge in [0.2, 0.25) is 0 Å². The van der Waals surface area contributed by atoms with E-state index in [1.807, 2.05) is 30.3 Å². The van der Waals surface area contributed by atoms with Crippen molar-refractivity contribution in [2.75, 3.05) is 11.8 Å². The number of nitro benzene ring substituents is 1. The number of hydrogen-bond donors (Lipinski definition) is 1. The second-order valence-electron chi connectivity index (χ2n) is 5.99. The lowest BCUT2D eigenvalue weighted by Gasteiger charge is -2.10. The second-order valence-corrected chi connectivity index (χ2v) is 7.68. The van der Waals surface area contributed by atoms with Gasteiger partial charge in [0.15, 0.2) is 5.75 Å². The van der Waals surface area contributed by atoms with E-state index in [4.69, 9.17) is 9.47 Å². The molecule has 150 valence electrons. The van der Waals surface area contributed by atoms with Gasteiger partial charge in [-0.2, -0.15) is 0 Å². The zero-order valence-electron chi connectivity index (χ0n) is 15.4. The molecule has 3 aromatic carbocycles. The zero-order chi connectivity index (χ0) is 20.9. The normalized spacial score (nSPS) is 10.9. The first-order valence-corrected chi connectivity index (χ1v) is 9.99. The fourth-order valence-electron chi connectivity index (χ4n) is 2.55. The molecular formula is C20H18N2O6S. The highest BCUT2D eigenvalue weighted by Gasteiger charge is 2.22. The van der Waals surface area contributed by atoms with E-state index < -0.39 is 20.6 Å². The van der Waals surface area contributed by atoms with Crippen molar-refractivity contribution in [1.82, 2.24) is 0 Å².